The van der Waals surface area contributed by atoms with Gasteiger partial charge in [-0.05, 0) is 25.1 Å². The van der Waals surface area contributed by atoms with Gasteiger partial charge in [0.05, 0.1) is 12.4 Å². The van der Waals surface area contributed by atoms with Crippen molar-refractivity contribution in [3.8, 4) is 0 Å². The molecule has 1 aromatic heterocycles. The second-order valence-electron chi connectivity index (χ2n) is 3.46. The average molecular weight is 194 g/mol. The summed E-state index contributed by atoms with van der Waals surface area (Å²) in [6.45, 7) is 1.67. The van der Waals surface area contributed by atoms with Crippen molar-refractivity contribution >= 4 is 11.0 Å². The van der Waals surface area contributed by atoms with Crippen LogP contribution in [0.4, 0.5) is 4.39 Å². The Morgan fingerprint density at radius 3 is 3.00 bits per heavy atom. The third kappa shape index (κ3) is 1.63. The van der Waals surface area contributed by atoms with Crippen LogP contribution < -0.4 is 0 Å². The van der Waals surface area contributed by atoms with E-state index in [2.05, 4.69) is 0 Å². The van der Waals surface area contributed by atoms with Gasteiger partial charge in [0.1, 0.15) is 11.4 Å². The summed E-state index contributed by atoms with van der Waals surface area (Å²) in [5, 5.41) is 9.97. The lowest BCUT2D eigenvalue weighted by Gasteiger charge is -2.04. The van der Waals surface area contributed by atoms with Gasteiger partial charge in [-0.3, -0.25) is 0 Å². The minimum Gasteiger partial charge on any atom is -0.464 e. The van der Waals surface area contributed by atoms with Gasteiger partial charge in [-0.2, -0.15) is 0 Å². The average Bonchev–Trinajstić information content (AvgIpc) is 2.50. The minimum absolute atomic E-state index is 0.297. The molecule has 0 radical (unpaired) electrons. The van der Waals surface area contributed by atoms with Crippen LogP contribution in [0.25, 0.3) is 11.0 Å². The lowest BCUT2D eigenvalue weighted by Crippen LogP contribution is -2.04. The fourth-order valence-electron chi connectivity index (χ4n) is 1.59. The molecule has 2 aromatic rings. The Kier molecular flexibility index (Phi) is 2.25. The molecule has 14 heavy (non-hydrogen) atoms. The van der Waals surface area contributed by atoms with Crippen LogP contribution in [-0.4, -0.2) is 11.2 Å². The van der Waals surface area contributed by atoms with Crippen LogP contribution in [0.1, 0.15) is 12.5 Å². The minimum atomic E-state index is -0.495. The van der Waals surface area contributed by atoms with Gasteiger partial charge in [-0.25, -0.2) is 4.39 Å². The largest absolute Gasteiger partial charge is 0.464 e. The normalized spacial score (nSPS) is 13.4. The number of halogens is 1. The highest BCUT2D eigenvalue weighted by molar-refractivity contribution is 5.80. The van der Waals surface area contributed by atoms with Crippen LogP contribution in [0.2, 0.25) is 0 Å². The van der Waals surface area contributed by atoms with E-state index in [4.69, 9.17) is 4.42 Å². The number of hydrogen-bond donors (Lipinski definition) is 1. The van der Waals surface area contributed by atoms with Crippen molar-refractivity contribution in [2.45, 2.75) is 19.4 Å². The fraction of sp³-hybridized carbons (Fsp3) is 0.273. The van der Waals surface area contributed by atoms with Crippen molar-refractivity contribution in [3.05, 3.63) is 35.8 Å². The molecular weight excluding hydrogens is 183 g/mol. The molecule has 0 aliphatic rings. The molecular formula is C11H11FO2. The van der Waals surface area contributed by atoms with Gasteiger partial charge < -0.3 is 9.52 Å². The molecule has 0 aliphatic carbocycles. The van der Waals surface area contributed by atoms with E-state index in [1.165, 1.54) is 18.4 Å². The first-order chi connectivity index (χ1) is 6.66. The maximum Gasteiger partial charge on any atom is 0.137 e. The third-order valence-electron chi connectivity index (χ3n) is 2.11. The first kappa shape index (κ1) is 9.21. The molecule has 74 valence electrons. The fourth-order valence-corrected chi connectivity index (χ4v) is 1.59. The molecule has 0 saturated carbocycles. The van der Waals surface area contributed by atoms with Gasteiger partial charge in [0.2, 0.25) is 0 Å². The highest BCUT2D eigenvalue weighted by atomic mass is 19.1. The van der Waals surface area contributed by atoms with E-state index in [1.54, 1.807) is 13.0 Å². The second kappa shape index (κ2) is 3.42. The van der Waals surface area contributed by atoms with E-state index < -0.39 is 6.10 Å². The third-order valence-corrected chi connectivity index (χ3v) is 2.11. The van der Waals surface area contributed by atoms with Crippen LogP contribution in [0.3, 0.4) is 0 Å². The molecule has 1 unspecified atom stereocenters. The van der Waals surface area contributed by atoms with E-state index in [0.717, 1.165) is 5.39 Å². The van der Waals surface area contributed by atoms with Crippen molar-refractivity contribution in [3.63, 3.8) is 0 Å². The maximum absolute atomic E-state index is 13.1. The van der Waals surface area contributed by atoms with Gasteiger partial charge in [-0.1, -0.05) is 0 Å². The molecule has 3 heteroatoms. The van der Waals surface area contributed by atoms with E-state index in [0.29, 0.717) is 17.6 Å². The van der Waals surface area contributed by atoms with E-state index >= 15 is 0 Å². The number of benzene rings is 1. The predicted molar refractivity (Wildman–Crippen MR) is 51.6 cm³/mol. The monoisotopic (exact) mass is 194 g/mol. The topological polar surface area (TPSA) is 33.4 Å². The Balaban J connectivity index is 2.55. The summed E-state index contributed by atoms with van der Waals surface area (Å²) in [7, 11) is 0. The Bertz CT molecular complexity index is 445. The van der Waals surface area contributed by atoms with Crippen molar-refractivity contribution in [2.75, 3.05) is 0 Å². The van der Waals surface area contributed by atoms with Gasteiger partial charge in [0, 0.05) is 17.4 Å². The van der Waals surface area contributed by atoms with Crippen molar-refractivity contribution in [1.82, 2.24) is 0 Å². The molecule has 0 spiro atoms. The molecule has 2 rings (SSSR count). The molecule has 0 saturated heterocycles. The smallest absolute Gasteiger partial charge is 0.137 e. The van der Waals surface area contributed by atoms with Crippen LogP contribution >= 0.6 is 0 Å². The Hall–Kier alpha value is -1.35. The molecule has 2 nitrogen and oxygen atoms in total. The van der Waals surface area contributed by atoms with Crippen LogP contribution in [0, 0.1) is 5.82 Å². The SMILES string of the molecule is CC(O)Cc1cc(F)cc2ccoc12. The molecule has 0 bridgehead atoms. The lowest BCUT2D eigenvalue weighted by atomic mass is 10.1. The predicted octanol–water partition coefficient (Wildman–Crippen LogP) is 2.50. The van der Waals surface area contributed by atoms with Gasteiger partial charge >= 0.3 is 0 Å². The number of aliphatic hydroxyl groups is 1. The number of furan rings is 1. The quantitative estimate of drug-likeness (QED) is 0.796. The zero-order valence-corrected chi connectivity index (χ0v) is 7.83. The van der Waals surface area contributed by atoms with Crippen LogP contribution in [-0.2, 0) is 6.42 Å². The summed E-state index contributed by atoms with van der Waals surface area (Å²) in [6, 6.07) is 4.53. The van der Waals surface area contributed by atoms with E-state index in [9.17, 15) is 9.50 Å². The summed E-state index contributed by atoms with van der Waals surface area (Å²) in [6.07, 6.45) is 1.43. The van der Waals surface area contributed by atoms with E-state index in [1.807, 2.05) is 0 Å². The summed E-state index contributed by atoms with van der Waals surface area (Å²) < 4.78 is 18.3. The standard InChI is InChI=1S/C11H11FO2/c1-7(13)4-9-6-10(12)5-8-2-3-14-11(8)9/h2-3,5-7,13H,4H2,1H3. The van der Waals surface area contributed by atoms with Crippen LogP contribution in [0.5, 0.6) is 0 Å². The molecule has 1 heterocycles. The summed E-state index contributed by atoms with van der Waals surface area (Å²) in [5.74, 6) is -0.297. The zero-order valence-electron chi connectivity index (χ0n) is 7.83. The van der Waals surface area contributed by atoms with Crippen molar-refractivity contribution < 1.29 is 13.9 Å². The lowest BCUT2D eigenvalue weighted by molar-refractivity contribution is 0.195. The first-order valence-corrected chi connectivity index (χ1v) is 4.50. The molecule has 0 amide bonds. The zero-order chi connectivity index (χ0) is 10.1. The second-order valence-corrected chi connectivity index (χ2v) is 3.46. The number of fused-ring (bicyclic) bond motifs is 1. The number of rotatable bonds is 2. The number of aliphatic hydroxyl groups excluding tert-OH is 1. The molecule has 1 N–H and O–H groups in total. The molecule has 1 aromatic carbocycles. The van der Waals surface area contributed by atoms with Gasteiger partial charge in [-0.15, -0.1) is 0 Å². The summed E-state index contributed by atoms with van der Waals surface area (Å²) >= 11 is 0. The molecule has 0 fully saturated rings. The Morgan fingerprint density at radius 2 is 2.29 bits per heavy atom. The molecule has 0 aliphatic heterocycles. The highest BCUT2D eigenvalue weighted by Gasteiger charge is 2.09. The van der Waals surface area contributed by atoms with Crippen molar-refractivity contribution in [2.24, 2.45) is 0 Å². The van der Waals surface area contributed by atoms with Crippen LogP contribution in [0.15, 0.2) is 28.9 Å². The Morgan fingerprint density at radius 1 is 1.50 bits per heavy atom. The van der Waals surface area contributed by atoms with Gasteiger partial charge in [0.15, 0.2) is 0 Å². The summed E-state index contributed by atoms with van der Waals surface area (Å²) in [4.78, 5) is 0. The Labute approximate surface area is 81.0 Å². The number of hydrogen-bond acceptors (Lipinski definition) is 2. The van der Waals surface area contributed by atoms with Crippen molar-refractivity contribution in [1.29, 1.82) is 0 Å². The van der Waals surface area contributed by atoms with Gasteiger partial charge in [0.25, 0.3) is 0 Å². The molecule has 1 atom stereocenters. The first-order valence-electron chi connectivity index (χ1n) is 4.50. The summed E-state index contributed by atoms with van der Waals surface area (Å²) in [5.41, 5.74) is 1.37. The van der Waals surface area contributed by atoms with E-state index in [-0.39, 0.29) is 5.82 Å². The maximum atomic E-state index is 13.1. The highest BCUT2D eigenvalue weighted by Crippen LogP contribution is 2.22.